The van der Waals surface area contributed by atoms with Crippen LogP contribution in [0.15, 0.2) is 0 Å². The van der Waals surface area contributed by atoms with E-state index in [9.17, 15) is 14.7 Å². The van der Waals surface area contributed by atoms with Gasteiger partial charge in [-0.05, 0) is 24.7 Å². The van der Waals surface area contributed by atoms with Crippen LogP contribution in [-0.2, 0) is 4.79 Å². The summed E-state index contributed by atoms with van der Waals surface area (Å²) in [5.74, 6) is 0.151. The lowest BCUT2D eigenvalue weighted by Gasteiger charge is -2.22. The fourth-order valence-corrected chi connectivity index (χ4v) is 3.12. The molecule has 0 radical (unpaired) electrons. The van der Waals surface area contributed by atoms with E-state index < -0.39 is 18.1 Å². The molecular formula is C13H22N2O4. The lowest BCUT2D eigenvalue weighted by Crippen LogP contribution is -2.47. The number of aliphatic carboxylic acids is 1. The minimum Gasteiger partial charge on any atom is -0.480 e. The van der Waals surface area contributed by atoms with Gasteiger partial charge in [0.1, 0.15) is 6.04 Å². The van der Waals surface area contributed by atoms with Gasteiger partial charge in [0.25, 0.3) is 0 Å². The van der Waals surface area contributed by atoms with Crippen molar-refractivity contribution >= 4 is 12.0 Å². The lowest BCUT2D eigenvalue weighted by molar-refractivity contribution is -0.141. The molecule has 0 aromatic rings. The number of nitrogens with zero attached hydrogens (tertiary/aromatic N) is 1. The molecule has 4 atom stereocenters. The summed E-state index contributed by atoms with van der Waals surface area (Å²) in [6.45, 7) is 2.91. The number of hydrogen-bond donors (Lipinski definition) is 3. The molecule has 1 aliphatic carbocycles. The highest BCUT2D eigenvalue weighted by molar-refractivity contribution is 5.83. The zero-order valence-electron chi connectivity index (χ0n) is 11.2. The first-order valence-electron chi connectivity index (χ1n) is 6.92. The monoisotopic (exact) mass is 270 g/mol. The number of β-amino-alcohol motifs (C(OH)–C–C–N with tert-alkyl or cyclic N) is 1. The number of hydrogen-bond acceptors (Lipinski definition) is 3. The van der Waals surface area contributed by atoms with Crippen LogP contribution in [0.4, 0.5) is 4.79 Å². The Bertz CT molecular complexity index is 361. The summed E-state index contributed by atoms with van der Waals surface area (Å²) in [6.07, 6.45) is 2.81. The number of rotatable bonds is 3. The SMILES string of the molecule is CC1CCC(CNC(=O)N2C[C@H](O)C[C@@H]2C(=O)O)C1. The molecule has 1 heterocycles. The first kappa shape index (κ1) is 14.1. The smallest absolute Gasteiger partial charge is 0.326 e. The van der Waals surface area contributed by atoms with Crippen molar-refractivity contribution in [2.45, 2.75) is 44.8 Å². The summed E-state index contributed by atoms with van der Waals surface area (Å²) in [7, 11) is 0. The number of likely N-dealkylation sites (tertiary alicyclic amines) is 1. The van der Waals surface area contributed by atoms with Gasteiger partial charge in [-0.3, -0.25) is 0 Å². The number of nitrogens with one attached hydrogen (secondary N) is 1. The number of aliphatic hydroxyl groups excluding tert-OH is 1. The molecule has 0 aromatic heterocycles. The second-order valence-electron chi connectivity index (χ2n) is 5.87. The van der Waals surface area contributed by atoms with Crippen LogP contribution in [0.25, 0.3) is 0 Å². The Labute approximate surface area is 112 Å². The van der Waals surface area contributed by atoms with Crippen LogP contribution in [0.5, 0.6) is 0 Å². The first-order chi connectivity index (χ1) is 8.97. The number of amides is 2. The van der Waals surface area contributed by atoms with Gasteiger partial charge in [-0.2, -0.15) is 0 Å². The second-order valence-corrected chi connectivity index (χ2v) is 5.87. The predicted molar refractivity (Wildman–Crippen MR) is 68.7 cm³/mol. The van der Waals surface area contributed by atoms with E-state index in [2.05, 4.69) is 12.2 Å². The molecule has 6 heteroatoms. The molecule has 2 aliphatic rings. The van der Waals surface area contributed by atoms with Crippen molar-refractivity contribution in [2.75, 3.05) is 13.1 Å². The summed E-state index contributed by atoms with van der Waals surface area (Å²) >= 11 is 0. The van der Waals surface area contributed by atoms with E-state index in [4.69, 9.17) is 5.11 Å². The Balaban J connectivity index is 1.83. The Morgan fingerprint density at radius 1 is 1.32 bits per heavy atom. The van der Waals surface area contributed by atoms with Crippen LogP contribution < -0.4 is 5.32 Å². The fraction of sp³-hybridized carbons (Fsp3) is 0.846. The summed E-state index contributed by atoms with van der Waals surface area (Å²) in [5, 5.41) is 21.3. The van der Waals surface area contributed by atoms with Crippen molar-refractivity contribution in [1.29, 1.82) is 0 Å². The maximum atomic E-state index is 12.0. The van der Waals surface area contributed by atoms with Crippen LogP contribution >= 0.6 is 0 Å². The van der Waals surface area contributed by atoms with Crippen LogP contribution in [-0.4, -0.2) is 52.3 Å². The van der Waals surface area contributed by atoms with Crippen LogP contribution in [0.2, 0.25) is 0 Å². The predicted octanol–water partition coefficient (Wildman–Crippen LogP) is 0.652. The summed E-state index contributed by atoms with van der Waals surface area (Å²) < 4.78 is 0. The summed E-state index contributed by atoms with van der Waals surface area (Å²) in [6, 6.07) is -1.28. The number of carbonyl (C=O) groups excluding carboxylic acids is 1. The van der Waals surface area contributed by atoms with Gasteiger partial charge in [0.05, 0.1) is 6.10 Å². The van der Waals surface area contributed by atoms with Gasteiger partial charge in [-0.15, -0.1) is 0 Å². The minimum atomic E-state index is -1.05. The van der Waals surface area contributed by atoms with Gasteiger partial charge >= 0.3 is 12.0 Å². The molecule has 1 saturated heterocycles. The third kappa shape index (κ3) is 3.37. The van der Waals surface area contributed by atoms with Gasteiger partial charge in [0.2, 0.25) is 0 Å². The van der Waals surface area contributed by atoms with E-state index in [1.807, 2.05) is 0 Å². The molecule has 0 aromatic carbocycles. The van der Waals surface area contributed by atoms with Crippen molar-refractivity contribution < 1.29 is 19.8 Å². The molecule has 3 N–H and O–H groups in total. The second kappa shape index (κ2) is 5.77. The Hall–Kier alpha value is -1.30. The maximum Gasteiger partial charge on any atom is 0.326 e. The third-order valence-corrected chi connectivity index (χ3v) is 4.17. The molecule has 1 aliphatic heterocycles. The van der Waals surface area contributed by atoms with Crippen molar-refractivity contribution in [3.8, 4) is 0 Å². The highest BCUT2D eigenvalue weighted by Gasteiger charge is 2.39. The summed E-state index contributed by atoms with van der Waals surface area (Å²) in [4.78, 5) is 24.2. The molecular weight excluding hydrogens is 248 g/mol. The van der Waals surface area contributed by atoms with Gasteiger partial charge in [0.15, 0.2) is 0 Å². The third-order valence-electron chi connectivity index (χ3n) is 4.17. The van der Waals surface area contributed by atoms with Gasteiger partial charge < -0.3 is 20.4 Å². The van der Waals surface area contributed by atoms with E-state index in [0.29, 0.717) is 18.4 Å². The standard InChI is InChI=1S/C13H22N2O4/c1-8-2-3-9(4-8)6-14-13(19)15-7-10(16)5-11(15)12(17)18/h8-11,16H,2-7H2,1H3,(H,14,19)(H,17,18)/t8?,9?,10-,11-/m1/s1. The number of aliphatic hydroxyl groups is 1. The molecule has 6 nitrogen and oxygen atoms in total. The van der Waals surface area contributed by atoms with Crippen molar-refractivity contribution in [2.24, 2.45) is 11.8 Å². The quantitative estimate of drug-likeness (QED) is 0.702. The van der Waals surface area contributed by atoms with Crippen LogP contribution in [0.3, 0.4) is 0 Å². The molecule has 19 heavy (non-hydrogen) atoms. The highest BCUT2D eigenvalue weighted by atomic mass is 16.4. The fourth-order valence-electron chi connectivity index (χ4n) is 3.12. The Morgan fingerprint density at radius 3 is 2.63 bits per heavy atom. The number of urea groups is 1. The average Bonchev–Trinajstić information content (AvgIpc) is 2.92. The van der Waals surface area contributed by atoms with Crippen LogP contribution in [0.1, 0.15) is 32.6 Å². The van der Waals surface area contributed by atoms with Crippen molar-refractivity contribution in [3.05, 3.63) is 0 Å². The van der Waals surface area contributed by atoms with E-state index >= 15 is 0 Å². The normalized spacial score (nSPS) is 34.5. The molecule has 2 amide bonds. The molecule has 2 rings (SSSR count). The van der Waals surface area contributed by atoms with E-state index in [0.717, 1.165) is 12.8 Å². The Kier molecular flexibility index (Phi) is 4.29. The number of carbonyl (C=O) groups is 2. The van der Waals surface area contributed by atoms with Gasteiger partial charge in [0, 0.05) is 19.5 Å². The molecule has 0 spiro atoms. The molecule has 0 bridgehead atoms. The van der Waals surface area contributed by atoms with Gasteiger partial charge in [-0.25, -0.2) is 9.59 Å². The topological polar surface area (TPSA) is 89.9 Å². The molecule has 2 unspecified atom stereocenters. The van der Waals surface area contributed by atoms with Gasteiger partial charge in [-0.1, -0.05) is 13.3 Å². The van der Waals surface area contributed by atoms with Crippen molar-refractivity contribution in [3.63, 3.8) is 0 Å². The average molecular weight is 270 g/mol. The molecule has 2 fully saturated rings. The molecule has 1 saturated carbocycles. The first-order valence-corrected chi connectivity index (χ1v) is 6.92. The van der Waals surface area contributed by atoms with E-state index in [1.54, 1.807) is 0 Å². The number of carboxylic acids is 1. The Morgan fingerprint density at radius 2 is 2.05 bits per heavy atom. The highest BCUT2D eigenvalue weighted by Crippen LogP contribution is 2.29. The van der Waals surface area contributed by atoms with E-state index in [-0.39, 0.29) is 19.0 Å². The number of carboxylic acid groups (broad SMARTS) is 1. The van der Waals surface area contributed by atoms with E-state index in [1.165, 1.54) is 11.3 Å². The van der Waals surface area contributed by atoms with Crippen LogP contribution in [0, 0.1) is 11.8 Å². The lowest BCUT2D eigenvalue weighted by atomic mass is 10.1. The summed E-state index contributed by atoms with van der Waals surface area (Å²) in [5.41, 5.74) is 0. The minimum absolute atomic E-state index is 0.101. The zero-order valence-corrected chi connectivity index (χ0v) is 11.2. The maximum absolute atomic E-state index is 12.0. The van der Waals surface area contributed by atoms with Crippen molar-refractivity contribution in [1.82, 2.24) is 10.2 Å². The zero-order chi connectivity index (χ0) is 14.0. The largest absolute Gasteiger partial charge is 0.480 e. The molecule has 108 valence electrons.